The van der Waals surface area contributed by atoms with E-state index >= 15 is 0 Å². The van der Waals surface area contributed by atoms with Crippen LogP contribution in [-0.2, 0) is 11.3 Å². The van der Waals surface area contributed by atoms with E-state index < -0.39 is 0 Å². The molecule has 1 aromatic heterocycles. The highest BCUT2D eigenvalue weighted by atomic mass is 79.9. The number of hydrogen-bond donors (Lipinski definition) is 1. The molecular weight excluding hydrogens is 286 g/mol. The highest BCUT2D eigenvalue weighted by Crippen LogP contribution is 2.19. The molecule has 1 N–H and O–H groups in total. The maximum atomic E-state index is 5.68. The molecule has 0 spiro atoms. The van der Waals surface area contributed by atoms with Crippen LogP contribution >= 0.6 is 27.3 Å². The fraction of sp³-hybridized carbons (Fsp3) is 0.667. The number of halogens is 1. The Kier molecular flexibility index (Phi) is 6.58. The zero-order valence-corrected chi connectivity index (χ0v) is 12.5. The van der Waals surface area contributed by atoms with E-state index in [1.165, 1.54) is 9.35 Å². The normalized spacial score (nSPS) is 13.3. The lowest BCUT2D eigenvalue weighted by atomic mass is 10.1. The topological polar surface area (TPSA) is 21.3 Å². The van der Waals surface area contributed by atoms with Crippen LogP contribution in [0.5, 0.6) is 0 Å². The standard InChI is InChI=1S/C12H20BrNOS/c1-9(2)10(3)15-5-4-14-7-12-6-11(13)8-16-12/h6,8-10,14H,4-5,7H2,1-3H3. The molecule has 1 rings (SSSR count). The SMILES string of the molecule is CC(C)C(C)OCCNCc1cc(Br)cs1. The highest BCUT2D eigenvalue weighted by molar-refractivity contribution is 9.10. The van der Waals surface area contributed by atoms with Gasteiger partial charge in [0.25, 0.3) is 0 Å². The van der Waals surface area contributed by atoms with Gasteiger partial charge in [0.05, 0.1) is 12.7 Å². The van der Waals surface area contributed by atoms with Crippen molar-refractivity contribution in [2.24, 2.45) is 5.92 Å². The summed E-state index contributed by atoms with van der Waals surface area (Å²) >= 11 is 5.22. The molecule has 0 radical (unpaired) electrons. The summed E-state index contributed by atoms with van der Waals surface area (Å²) in [5, 5.41) is 5.48. The Morgan fingerprint density at radius 3 is 2.75 bits per heavy atom. The molecule has 2 nitrogen and oxygen atoms in total. The van der Waals surface area contributed by atoms with Gasteiger partial charge in [-0.2, -0.15) is 0 Å². The summed E-state index contributed by atoms with van der Waals surface area (Å²) in [5.74, 6) is 0.591. The Morgan fingerprint density at radius 1 is 1.44 bits per heavy atom. The second-order valence-electron chi connectivity index (χ2n) is 4.23. The van der Waals surface area contributed by atoms with Gasteiger partial charge in [0.2, 0.25) is 0 Å². The van der Waals surface area contributed by atoms with Crippen LogP contribution < -0.4 is 5.32 Å². The van der Waals surface area contributed by atoms with Crippen molar-refractivity contribution in [3.05, 3.63) is 20.8 Å². The van der Waals surface area contributed by atoms with Crippen molar-refractivity contribution in [3.8, 4) is 0 Å². The first kappa shape index (κ1) is 14.2. The molecule has 1 unspecified atom stereocenters. The molecule has 0 aromatic carbocycles. The lowest BCUT2D eigenvalue weighted by molar-refractivity contribution is 0.0373. The Balaban J connectivity index is 2.04. The quantitative estimate of drug-likeness (QED) is 0.776. The Labute approximate surface area is 111 Å². The number of nitrogens with one attached hydrogen (secondary N) is 1. The molecule has 1 aromatic rings. The molecule has 0 bridgehead atoms. The van der Waals surface area contributed by atoms with Crippen LogP contribution in [0.4, 0.5) is 0 Å². The molecule has 0 amide bonds. The van der Waals surface area contributed by atoms with Crippen molar-refractivity contribution >= 4 is 27.3 Å². The van der Waals surface area contributed by atoms with Crippen molar-refractivity contribution in [2.45, 2.75) is 33.4 Å². The molecule has 0 aliphatic heterocycles. The molecule has 0 aliphatic rings. The molecule has 4 heteroatoms. The van der Waals surface area contributed by atoms with E-state index in [2.05, 4.69) is 53.5 Å². The van der Waals surface area contributed by atoms with Gasteiger partial charge in [-0.25, -0.2) is 0 Å². The highest BCUT2D eigenvalue weighted by Gasteiger charge is 2.06. The van der Waals surface area contributed by atoms with Crippen molar-refractivity contribution in [3.63, 3.8) is 0 Å². The van der Waals surface area contributed by atoms with E-state index in [1.54, 1.807) is 11.3 Å². The zero-order valence-electron chi connectivity index (χ0n) is 10.1. The van der Waals surface area contributed by atoms with Gasteiger partial charge < -0.3 is 10.1 Å². The lowest BCUT2D eigenvalue weighted by Crippen LogP contribution is -2.23. The summed E-state index contributed by atoms with van der Waals surface area (Å²) < 4.78 is 6.84. The van der Waals surface area contributed by atoms with Gasteiger partial charge in [-0.3, -0.25) is 0 Å². The van der Waals surface area contributed by atoms with Gasteiger partial charge in [-0.1, -0.05) is 13.8 Å². The monoisotopic (exact) mass is 305 g/mol. The van der Waals surface area contributed by atoms with Gasteiger partial charge in [0.15, 0.2) is 0 Å². The molecule has 0 saturated heterocycles. The van der Waals surface area contributed by atoms with Crippen LogP contribution in [0, 0.1) is 5.92 Å². The van der Waals surface area contributed by atoms with Crippen LogP contribution in [0.25, 0.3) is 0 Å². The van der Waals surface area contributed by atoms with E-state index in [9.17, 15) is 0 Å². The molecule has 1 heterocycles. The minimum atomic E-state index is 0.345. The summed E-state index contributed by atoms with van der Waals surface area (Å²) in [6.45, 7) is 9.11. The third-order valence-electron chi connectivity index (χ3n) is 2.52. The number of hydrogen-bond acceptors (Lipinski definition) is 3. The predicted octanol–water partition coefficient (Wildman–Crippen LogP) is 3.66. The fourth-order valence-corrected chi connectivity index (χ4v) is 2.59. The summed E-state index contributed by atoms with van der Waals surface area (Å²) in [6.07, 6.45) is 0.345. The van der Waals surface area contributed by atoms with Gasteiger partial charge >= 0.3 is 0 Å². The van der Waals surface area contributed by atoms with Crippen LogP contribution in [-0.4, -0.2) is 19.3 Å². The third-order valence-corrected chi connectivity index (χ3v) is 4.22. The van der Waals surface area contributed by atoms with Crippen molar-refractivity contribution in [1.82, 2.24) is 5.32 Å². The lowest BCUT2D eigenvalue weighted by Gasteiger charge is -2.16. The summed E-state index contributed by atoms with van der Waals surface area (Å²) in [5.41, 5.74) is 0. The van der Waals surface area contributed by atoms with Crippen LogP contribution in [0.15, 0.2) is 15.9 Å². The van der Waals surface area contributed by atoms with Gasteiger partial charge in [0, 0.05) is 27.8 Å². The first-order valence-corrected chi connectivity index (χ1v) is 7.32. The second kappa shape index (κ2) is 7.43. The fourth-order valence-electron chi connectivity index (χ4n) is 1.17. The molecule has 0 saturated carbocycles. The number of thiophene rings is 1. The number of ether oxygens (including phenoxy) is 1. The van der Waals surface area contributed by atoms with E-state index in [-0.39, 0.29) is 0 Å². The van der Waals surface area contributed by atoms with Crippen molar-refractivity contribution < 1.29 is 4.74 Å². The minimum absolute atomic E-state index is 0.345. The predicted molar refractivity (Wildman–Crippen MR) is 74.0 cm³/mol. The minimum Gasteiger partial charge on any atom is -0.377 e. The Bertz CT molecular complexity index is 301. The summed E-state index contributed by atoms with van der Waals surface area (Å²) in [6, 6.07) is 2.15. The average Bonchev–Trinajstić information content (AvgIpc) is 2.63. The van der Waals surface area contributed by atoms with Crippen LogP contribution in [0.3, 0.4) is 0 Å². The number of rotatable bonds is 7. The molecule has 16 heavy (non-hydrogen) atoms. The molecule has 0 fully saturated rings. The van der Waals surface area contributed by atoms with Crippen LogP contribution in [0.2, 0.25) is 0 Å². The molecule has 0 aliphatic carbocycles. The zero-order chi connectivity index (χ0) is 12.0. The van der Waals surface area contributed by atoms with E-state index in [0.717, 1.165) is 19.7 Å². The van der Waals surface area contributed by atoms with E-state index in [0.29, 0.717) is 12.0 Å². The summed E-state index contributed by atoms with van der Waals surface area (Å²) in [4.78, 5) is 1.35. The van der Waals surface area contributed by atoms with E-state index in [1.807, 2.05) is 0 Å². The largest absolute Gasteiger partial charge is 0.377 e. The Hall–Kier alpha value is 0.1000. The van der Waals surface area contributed by atoms with Crippen molar-refractivity contribution in [2.75, 3.05) is 13.2 Å². The molecular formula is C12H20BrNOS. The summed E-state index contributed by atoms with van der Waals surface area (Å²) in [7, 11) is 0. The van der Waals surface area contributed by atoms with Crippen molar-refractivity contribution in [1.29, 1.82) is 0 Å². The molecule has 92 valence electrons. The van der Waals surface area contributed by atoms with Gasteiger partial charge in [-0.15, -0.1) is 11.3 Å². The maximum absolute atomic E-state index is 5.68. The van der Waals surface area contributed by atoms with Gasteiger partial charge in [0.1, 0.15) is 0 Å². The first-order valence-electron chi connectivity index (χ1n) is 5.65. The smallest absolute Gasteiger partial charge is 0.0594 e. The third kappa shape index (κ3) is 5.43. The Morgan fingerprint density at radius 2 is 2.19 bits per heavy atom. The van der Waals surface area contributed by atoms with E-state index in [4.69, 9.17) is 4.74 Å². The van der Waals surface area contributed by atoms with Crippen LogP contribution in [0.1, 0.15) is 25.6 Å². The average molecular weight is 306 g/mol. The first-order chi connectivity index (χ1) is 7.59. The second-order valence-corrected chi connectivity index (χ2v) is 6.14. The molecule has 1 atom stereocenters. The van der Waals surface area contributed by atoms with Gasteiger partial charge in [-0.05, 0) is 34.8 Å². The maximum Gasteiger partial charge on any atom is 0.0594 e.